The molecule has 0 spiro atoms. The van der Waals surface area contributed by atoms with E-state index in [9.17, 15) is 0 Å². The number of pyridine rings is 1. The van der Waals surface area contributed by atoms with Crippen molar-refractivity contribution in [2.24, 2.45) is 0 Å². The summed E-state index contributed by atoms with van der Waals surface area (Å²) < 4.78 is 5.62. The molecule has 3 aromatic rings. The van der Waals surface area contributed by atoms with Gasteiger partial charge in [0.2, 0.25) is 5.82 Å². The van der Waals surface area contributed by atoms with Crippen LogP contribution in [-0.2, 0) is 4.74 Å². The van der Waals surface area contributed by atoms with Crippen LogP contribution < -0.4 is 0 Å². The summed E-state index contributed by atoms with van der Waals surface area (Å²) in [6, 6.07) is 10.9. The molecule has 0 atom stereocenters. The first-order chi connectivity index (χ1) is 13.7. The highest BCUT2D eigenvalue weighted by Gasteiger charge is 2.18. The van der Waals surface area contributed by atoms with Crippen molar-refractivity contribution in [2.75, 3.05) is 7.11 Å². The van der Waals surface area contributed by atoms with Crippen molar-refractivity contribution in [2.45, 2.75) is 6.42 Å². The van der Waals surface area contributed by atoms with Crippen molar-refractivity contribution < 1.29 is 4.74 Å². The Labute approximate surface area is 171 Å². The van der Waals surface area contributed by atoms with Gasteiger partial charge in [0.1, 0.15) is 11.5 Å². The van der Waals surface area contributed by atoms with Crippen molar-refractivity contribution >= 4 is 34.5 Å². The van der Waals surface area contributed by atoms with E-state index in [1.54, 1.807) is 31.5 Å². The minimum Gasteiger partial charge on any atom is -0.496 e. The molecule has 0 saturated carbocycles. The highest BCUT2D eigenvalue weighted by atomic mass is 35.5. The number of methoxy groups -OCH3 is 1. The smallest absolute Gasteiger partial charge is 0.223 e. The van der Waals surface area contributed by atoms with Crippen molar-refractivity contribution in [1.29, 1.82) is 0 Å². The molecule has 2 heterocycles. The van der Waals surface area contributed by atoms with Gasteiger partial charge in [-0.3, -0.25) is 4.98 Å². The van der Waals surface area contributed by atoms with E-state index in [-0.39, 0.29) is 0 Å². The topological polar surface area (TPSA) is 65.7 Å². The number of rotatable bonds is 4. The second-order valence-corrected chi connectivity index (χ2v) is 6.75. The standard InChI is InChI=1S/C20H15Cl2N5O/c1-28-18-12-13(27-25-20(24-26-27)17-10-2-3-11-23-17)6-4-7-14(18)19-15(21)8-5-9-16(19)22/h2-5,7-12H,6H2,1H3. The minimum atomic E-state index is 0.451. The van der Waals surface area contributed by atoms with E-state index in [0.29, 0.717) is 33.7 Å². The lowest BCUT2D eigenvalue weighted by molar-refractivity contribution is 0.309. The summed E-state index contributed by atoms with van der Waals surface area (Å²) in [5, 5.41) is 13.8. The van der Waals surface area contributed by atoms with Crippen LogP contribution in [-0.4, -0.2) is 32.3 Å². The fourth-order valence-electron chi connectivity index (χ4n) is 2.87. The van der Waals surface area contributed by atoms with E-state index in [1.807, 2.05) is 36.4 Å². The third-order valence-electron chi connectivity index (χ3n) is 4.19. The van der Waals surface area contributed by atoms with Gasteiger partial charge in [0, 0.05) is 29.8 Å². The number of halogens is 2. The number of tetrazole rings is 1. The molecule has 0 saturated heterocycles. The summed E-state index contributed by atoms with van der Waals surface area (Å²) in [4.78, 5) is 5.73. The number of ether oxygens (including phenoxy) is 1. The molecule has 0 N–H and O–H groups in total. The van der Waals surface area contributed by atoms with E-state index in [1.165, 1.54) is 4.80 Å². The van der Waals surface area contributed by atoms with Crippen molar-refractivity contribution in [3.8, 4) is 11.5 Å². The first-order valence-corrected chi connectivity index (χ1v) is 9.24. The summed E-state index contributed by atoms with van der Waals surface area (Å²) in [7, 11) is 1.60. The second-order valence-electron chi connectivity index (χ2n) is 5.94. The number of benzene rings is 1. The van der Waals surface area contributed by atoms with Crippen LogP contribution in [0, 0.1) is 0 Å². The van der Waals surface area contributed by atoms with Gasteiger partial charge in [0.15, 0.2) is 0 Å². The molecule has 0 amide bonds. The molecule has 0 aliphatic heterocycles. The molecule has 4 rings (SSSR count). The number of nitrogens with zero attached hydrogens (tertiary/aromatic N) is 5. The summed E-state index contributed by atoms with van der Waals surface area (Å²) in [6.45, 7) is 0. The lowest BCUT2D eigenvalue weighted by atomic mass is 10.0. The van der Waals surface area contributed by atoms with Crippen LogP contribution in [0.25, 0.3) is 22.8 Å². The number of aromatic nitrogens is 5. The molecule has 0 radical (unpaired) electrons. The molecular formula is C20H15Cl2N5O. The van der Waals surface area contributed by atoms with E-state index in [0.717, 1.165) is 16.8 Å². The van der Waals surface area contributed by atoms with Crippen molar-refractivity contribution in [3.05, 3.63) is 82.2 Å². The molecule has 1 aliphatic carbocycles. The van der Waals surface area contributed by atoms with Gasteiger partial charge in [0.05, 0.1) is 22.9 Å². The van der Waals surface area contributed by atoms with Crippen molar-refractivity contribution in [3.63, 3.8) is 0 Å². The third kappa shape index (κ3) is 3.56. The van der Waals surface area contributed by atoms with Gasteiger partial charge in [-0.05, 0) is 29.5 Å². The summed E-state index contributed by atoms with van der Waals surface area (Å²) in [5.74, 6) is 1.06. The Morgan fingerprint density at radius 1 is 1.07 bits per heavy atom. The van der Waals surface area contributed by atoms with Crippen LogP contribution in [0.2, 0.25) is 10.0 Å². The van der Waals surface area contributed by atoms with Crippen LogP contribution >= 0.6 is 23.2 Å². The molecule has 1 aromatic carbocycles. The maximum atomic E-state index is 6.39. The molecule has 6 nitrogen and oxygen atoms in total. The first kappa shape index (κ1) is 18.4. The summed E-state index contributed by atoms with van der Waals surface area (Å²) >= 11 is 12.8. The average molecular weight is 412 g/mol. The van der Waals surface area contributed by atoms with Gasteiger partial charge in [-0.15, -0.1) is 15.0 Å². The first-order valence-electron chi connectivity index (χ1n) is 8.49. The summed E-state index contributed by atoms with van der Waals surface area (Å²) in [5.41, 5.74) is 2.96. The van der Waals surface area contributed by atoms with Gasteiger partial charge in [-0.1, -0.05) is 47.5 Å². The van der Waals surface area contributed by atoms with E-state index < -0.39 is 0 Å². The van der Waals surface area contributed by atoms with Gasteiger partial charge < -0.3 is 4.74 Å². The molecular weight excluding hydrogens is 397 g/mol. The Morgan fingerprint density at radius 2 is 1.89 bits per heavy atom. The monoisotopic (exact) mass is 411 g/mol. The Kier molecular flexibility index (Phi) is 5.23. The van der Waals surface area contributed by atoms with Gasteiger partial charge in [0.25, 0.3) is 0 Å². The van der Waals surface area contributed by atoms with Gasteiger partial charge in [-0.2, -0.15) is 0 Å². The second kappa shape index (κ2) is 7.96. The Balaban J connectivity index is 1.77. The molecule has 2 aromatic heterocycles. The Hall–Kier alpha value is -2.96. The molecule has 28 heavy (non-hydrogen) atoms. The highest BCUT2D eigenvalue weighted by Crippen LogP contribution is 2.36. The maximum absolute atomic E-state index is 6.39. The number of hydrogen-bond acceptors (Lipinski definition) is 5. The maximum Gasteiger partial charge on any atom is 0.223 e. The van der Waals surface area contributed by atoms with E-state index >= 15 is 0 Å². The quantitative estimate of drug-likeness (QED) is 0.610. The molecule has 140 valence electrons. The van der Waals surface area contributed by atoms with Crippen LogP contribution in [0.4, 0.5) is 0 Å². The average Bonchev–Trinajstić information content (AvgIpc) is 3.11. The van der Waals surface area contributed by atoms with Crippen LogP contribution in [0.3, 0.4) is 0 Å². The van der Waals surface area contributed by atoms with Gasteiger partial charge >= 0.3 is 0 Å². The molecule has 8 heteroatoms. The number of hydrogen-bond donors (Lipinski definition) is 0. The zero-order valence-corrected chi connectivity index (χ0v) is 16.4. The Bertz CT molecular complexity index is 1080. The SMILES string of the molecule is COC1=C(c2c(Cl)cccc2Cl)C=CCC(n2nnc(-c3ccccn3)n2)=C1. The zero-order chi connectivity index (χ0) is 19.5. The highest BCUT2D eigenvalue weighted by molar-refractivity contribution is 6.37. The predicted octanol–water partition coefficient (Wildman–Crippen LogP) is 4.90. The zero-order valence-electron chi connectivity index (χ0n) is 14.9. The van der Waals surface area contributed by atoms with Gasteiger partial charge in [-0.25, -0.2) is 0 Å². The molecule has 0 bridgehead atoms. The number of allylic oxidation sites excluding steroid dienone is 5. The lowest BCUT2D eigenvalue weighted by Gasteiger charge is -2.11. The van der Waals surface area contributed by atoms with E-state index in [2.05, 4.69) is 20.4 Å². The third-order valence-corrected chi connectivity index (χ3v) is 4.82. The van der Waals surface area contributed by atoms with Crippen LogP contribution in [0.5, 0.6) is 0 Å². The van der Waals surface area contributed by atoms with E-state index in [4.69, 9.17) is 27.9 Å². The molecule has 1 aliphatic rings. The fourth-order valence-corrected chi connectivity index (χ4v) is 3.47. The normalized spacial score (nSPS) is 14.0. The lowest BCUT2D eigenvalue weighted by Crippen LogP contribution is -2.02. The van der Waals surface area contributed by atoms with Crippen LogP contribution in [0.1, 0.15) is 12.0 Å². The molecule has 0 unspecified atom stereocenters. The van der Waals surface area contributed by atoms with Crippen LogP contribution in [0.15, 0.2) is 66.6 Å². The fraction of sp³-hybridized carbons (Fsp3) is 0.100. The predicted molar refractivity (Wildman–Crippen MR) is 109 cm³/mol. The summed E-state index contributed by atoms with van der Waals surface area (Å²) in [6.07, 6.45) is 8.05. The molecule has 0 fully saturated rings. The minimum absolute atomic E-state index is 0.451. The Morgan fingerprint density at radius 3 is 2.61 bits per heavy atom. The van der Waals surface area contributed by atoms with Crippen molar-refractivity contribution in [1.82, 2.24) is 25.2 Å². The largest absolute Gasteiger partial charge is 0.496 e.